The predicted octanol–water partition coefficient (Wildman–Crippen LogP) is 1.40. The molecule has 0 fully saturated rings. The largest absolute Gasteiger partial charge is 0.459 e. The Hall–Kier alpha value is -3.66. The summed E-state index contributed by atoms with van der Waals surface area (Å²) in [6.45, 7) is 5.28. The van der Waals surface area contributed by atoms with Crippen molar-refractivity contribution in [3.8, 4) is 12.3 Å². The van der Waals surface area contributed by atoms with Gasteiger partial charge in [0.1, 0.15) is 23.7 Å². The van der Waals surface area contributed by atoms with Crippen molar-refractivity contribution in [2.45, 2.75) is 49.8 Å². The number of nitrogens with one attached hydrogen (secondary N) is 2. The number of nitro groups is 1. The lowest BCUT2D eigenvalue weighted by molar-refractivity contribution is -0.387. The van der Waals surface area contributed by atoms with E-state index >= 15 is 0 Å². The summed E-state index contributed by atoms with van der Waals surface area (Å²) in [5, 5.41) is 16.7. The van der Waals surface area contributed by atoms with Crippen LogP contribution in [0.4, 0.5) is 5.69 Å². The van der Waals surface area contributed by atoms with Gasteiger partial charge in [0.25, 0.3) is 5.69 Å². The molecule has 0 saturated carbocycles. The van der Waals surface area contributed by atoms with Gasteiger partial charge in [0, 0.05) is 11.0 Å². The van der Waals surface area contributed by atoms with Gasteiger partial charge in [-0.05, 0) is 39.3 Å². The second-order valence-corrected chi connectivity index (χ2v) is 9.25. The van der Waals surface area contributed by atoms with Gasteiger partial charge in [0.15, 0.2) is 4.90 Å². The number of hydrogen-bond donors (Lipinski definition) is 2. The molecule has 0 saturated heterocycles. The van der Waals surface area contributed by atoms with Crippen molar-refractivity contribution in [1.82, 2.24) is 10.0 Å². The summed E-state index contributed by atoms with van der Waals surface area (Å²) < 4.78 is 32.7. The van der Waals surface area contributed by atoms with Gasteiger partial charge in [0.05, 0.1) is 4.92 Å². The second kappa shape index (κ2) is 10.1. The number of carbonyl (C=O) groups excluding carboxylic acids is 2. The first kappa shape index (κ1) is 26.4. The first-order chi connectivity index (χ1) is 14.7. The molecule has 1 aromatic carbocycles. The Morgan fingerprint density at radius 3 is 2.44 bits per heavy atom. The van der Waals surface area contributed by atoms with Gasteiger partial charge in [-0.3, -0.25) is 19.7 Å². The normalized spacial score (nSPS) is 14.1. The standard InChI is InChI=1S/C18H22N6O7S/c1-6-18(5,22-23-19)15(16(26)20-11-14(25)31-17(2,3)4)21-32(29,30)13-10-8-7-9-12(13)24(27)28/h1,7-10,15,21H,11H2,2-5H3,(H,20,26)/t15-,18-/m1/s1. The van der Waals surface area contributed by atoms with Crippen LogP contribution in [0.3, 0.4) is 0 Å². The molecule has 1 aromatic rings. The van der Waals surface area contributed by atoms with Gasteiger partial charge < -0.3 is 10.1 Å². The fourth-order valence-electron chi connectivity index (χ4n) is 2.38. The number of amides is 1. The summed E-state index contributed by atoms with van der Waals surface area (Å²) >= 11 is 0. The first-order valence-corrected chi connectivity index (χ1v) is 10.4. The van der Waals surface area contributed by atoms with Crippen LogP contribution in [0.1, 0.15) is 27.7 Å². The average Bonchev–Trinajstić information content (AvgIpc) is 2.69. The van der Waals surface area contributed by atoms with Crippen LogP contribution >= 0.6 is 0 Å². The maximum atomic E-state index is 12.9. The Bertz CT molecular complexity index is 1100. The van der Waals surface area contributed by atoms with Crippen LogP contribution in [0.15, 0.2) is 34.3 Å². The summed E-state index contributed by atoms with van der Waals surface area (Å²) in [5.74, 6) is 0.0980. The van der Waals surface area contributed by atoms with Crippen LogP contribution in [0.25, 0.3) is 10.4 Å². The summed E-state index contributed by atoms with van der Waals surface area (Å²) in [5.41, 5.74) is 5.18. The number of ether oxygens (including phenoxy) is 1. The molecule has 0 aliphatic carbocycles. The van der Waals surface area contributed by atoms with Crippen molar-refractivity contribution >= 4 is 27.6 Å². The van der Waals surface area contributed by atoms with E-state index in [9.17, 15) is 28.1 Å². The third kappa shape index (κ3) is 6.95. The number of para-hydroxylation sites is 1. The van der Waals surface area contributed by atoms with Gasteiger partial charge in [-0.15, -0.1) is 6.42 Å². The quantitative estimate of drug-likeness (QED) is 0.104. The van der Waals surface area contributed by atoms with Gasteiger partial charge in [-0.1, -0.05) is 23.2 Å². The molecule has 172 valence electrons. The highest BCUT2D eigenvalue weighted by Crippen LogP contribution is 2.25. The van der Waals surface area contributed by atoms with E-state index in [1.807, 2.05) is 10.6 Å². The zero-order chi connectivity index (χ0) is 24.7. The molecule has 0 unspecified atom stereocenters. The third-order valence-electron chi connectivity index (χ3n) is 3.82. The molecule has 1 rings (SSSR count). The lowest BCUT2D eigenvalue weighted by atomic mass is 9.94. The monoisotopic (exact) mass is 466 g/mol. The molecule has 0 heterocycles. The van der Waals surface area contributed by atoms with Crippen molar-refractivity contribution in [2.75, 3.05) is 6.54 Å². The predicted molar refractivity (Wildman–Crippen MR) is 112 cm³/mol. The van der Waals surface area contributed by atoms with Crippen molar-refractivity contribution in [2.24, 2.45) is 5.11 Å². The highest BCUT2D eigenvalue weighted by Gasteiger charge is 2.42. The first-order valence-electron chi connectivity index (χ1n) is 8.96. The van der Waals surface area contributed by atoms with E-state index in [1.54, 1.807) is 20.8 Å². The van der Waals surface area contributed by atoms with Crippen LogP contribution in [-0.4, -0.2) is 48.9 Å². The fourth-order valence-corrected chi connectivity index (χ4v) is 3.83. The zero-order valence-corrected chi connectivity index (χ0v) is 18.5. The van der Waals surface area contributed by atoms with E-state index in [2.05, 4.69) is 15.3 Å². The molecular weight excluding hydrogens is 444 g/mol. The molecular formula is C18H22N6O7S. The molecule has 14 heteroatoms. The van der Waals surface area contributed by atoms with Gasteiger partial charge >= 0.3 is 5.97 Å². The number of esters is 1. The van der Waals surface area contributed by atoms with E-state index < -0.39 is 61.1 Å². The summed E-state index contributed by atoms with van der Waals surface area (Å²) in [6, 6.07) is 2.49. The highest BCUT2D eigenvalue weighted by atomic mass is 32.2. The van der Waals surface area contributed by atoms with Crippen LogP contribution in [0.5, 0.6) is 0 Å². The molecule has 13 nitrogen and oxygen atoms in total. The minimum atomic E-state index is -4.71. The van der Waals surface area contributed by atoms with E-state index in [4.69, 9.17) is 16.7 Å². The number of hydrogen-bond acceptors (Lipinski definition) is 8. The average molecular weight is 466 g/mol. The van der Waals surface area contributed by atoms with Crippen LogP contribution in [0.2, 0.25) is 0 Å². The minimum Gasteiger partial charge on any atom is -0.459 e. The molecule has 0 radical (unpaired) electrons. The number of rotatable bonds is 9. The summed E-state index contributed by atoms with van der Waals surface area (Å²) in [6.07, 6.45) is 5.38. The summed E-state index contributed by atoms with van der Waals surface area (Å²) in [7, 11) is -4.71. The number of benzene rings is 1. The van der Waals surface area contributed by atoms with Gasteiger partial charge in [-0.2, -0.15) is 4.72 Å². The van der Waals surface area contributed by atoms with Crippen LogP contribution in [-0.2, 0) is 24.3 Å². The molecule has 2 N–H and O–H groups in total. The molecule has 0 bridgehead atoms. The number of nitro benzene ring substituents is 1. The topological polar surface area (TPSA) is 193 Å². The molecule has 0 aliphatic heterocycles. The number of sulfonamides is 1. The number of carbonyl (C=O) groups is 2. The maximum Gasteiger partial charge on any atom is 0.325 e. The van der Waals surface area contributed by atoms with Crippen molar-refractivity contribution < 1.29 is 27.7 Å². The molecule has 0 spiro atoms. The SMILES string of the molecule is C#C[C@@](C)(N=[N+]=[N-])[C@H](NS(=O)(=O)c1ccccc1[N+](=O)[O-])C(=O)NCC(=O)OC(C)(C)C. The Labute approximate surface area is 184 Å². The third-order valence-corrected chi connectivity index (χ3v) is 5.29. The van der Waals surface area contributed by atoms with E-state index in [0.29, 0.717) is 0 Å². The number of terminal acetylenes is 1. The smallest absolute Gasteiger partial charge is 0.325 e. The fraction of sp³-hybridized carbons (Fsp3) is 0.444. The van der Waals surface area contributed by atoms with Crippen molar-refractivity contribution in [3.63, 3.8) is 0 Å². The Balaban J connectivity index is 3.34. The summed E-state index contributed by atoms with van der Waals surface area (Å²) in [4.78, 5) is 36.8. The van der Waals surface area contributed by atoms with Crippen LogP contribution < -0.4 is 10.0 Å². The molecule has 1 amide bonds. The number of azide groups is 1. The zero-order valence-electron chi connectivity index (χ0n) is 17.7. The molecule has 32 heavy (non-hydrogen) atoms. The van der Waals surface area contributed by atoms with Crippen molar-refractivity contribution in [1.29, 1.82) is 0 Å². The number of nitrogens with zero attached hydrogens (tertiary/aromatic N) is 4. The lowest BCUT2D eigenvalue weighted by Gasteiger charge is -2.28. The van der Waals surface area contributed by atoms with Crippen molar-refractivity contribution in [3.05, 3.63) is 44.8 Å². The highest BCUT2D eigenvalue weighted by molar-refractivity contribution is 7.89. The lowest BCUT2D eigenvalue weighted by Crippen LogP contribution is -2.58. The Morgan fingerprint density at radius 1 is 1.34 bits per heavy atom. The molecule has 0 aliphatic rings. The molecule has 0 aromatic heterocycles. The minimum absolute atomic E-state index is 0.642. The van der Waals surface area contributed by atoms with E-state index in [1.165, 1.54) is 12.1 Å². The Kier molecular flexibility index (Phi) is 8.32. The van der Waals surface area contributed by atoms with E-state index in [0.717, 1.165) is 19.1 Å². The molecule has 2 atom stereocenters. The van der Waals surface area contributed by atoms with Gasteiger partial charge in [-0.25, -0.2) is 8.42 Å². The Morgan fingerprint density at radius 2 is 1.94 bits per heavy atom. The van der Waals surface area contributed by atoms with Crippen LogP contribution in [0, 0.1) is 22.5 Å². The second-order valence-electron chi connectivity index (χ2n) is 7.56. The maximum absolute atomic E-state index is 12.9. The van der Waals surface area contributed by atoms with Gasteiger partial charge in [0.2, 0.25) is 15.9 Å². The van der Waals surface area contributed by atoms with E-state index in [-0.39, 0.29) is 0 Å².